The van der Waals surface area contributed by atoms with Gasteiger partial charge < -0.3 is 31.6 Å². The van der Waals surface area contributed by atoms with Gasteiger partial charge >= 0.3 is 5.97 Å². The van der Waals surface area contributed by atoms with E-state index >= 15 is 0 Å². The highest BCUT2D eigenvalue weighted by Gasteiger charge is 2.47. The lowest BCUT2D eigenvalue weighted by molar-refractivity contribution is -0.140. The summed E-state index contributed by atoms with van der Waals surface area (Å²) in [5, 5.41) is 24.3. The Balaban J connectivity index is 1.46. The number of anilines is 1. The maximum absolute atomic E-state index is 12.5. The molecule has 2 heterocycles. The molecule has 11 nitrogen and oxygen atoms in total. The molecule has 186 valence electrons. The van der Waals surface area contributed by atoms with Crippen LogP contribution in [0.5, 0.6) is 0 Å². The first-order valence-corrected chi connectivity index (χ1v) is 11.7. The van der Waals surface area contributed by atoms with Crippen LogP contribution in [0, 0.1) is 17.8 Å². The Labute approximate surface area is 209 Å². The minimum Gasteiger partial charge on any atom is -0.480 e. The molecule has 2 bridgehead atoms. The number of aromatic nitrogens is 3. The predicted octanol–water partition coefficient (Wildman–Crippen LogP) is 1.54. The van der Waals surface area contributed by atoms with E-state index in [4.69, 9.17) is 22.4 Å². The normalized spacial score (nSPS) is 23.1. The predicted molar refractivity (Wildman–Crippen MR) is 131 cm³/mol. The number of carboxylic acids is 1. The second kappa shape index (κ2) is 9.25. The molecule has 1 saturated carbocycles. The molecular formula is C24H23ClN6O5. The average Bonchev–Trinajstić information content (AvgIpc) is 3.58. The van der Waals surface area contributed by atoms with Gasteiger partial charge in [-0.1, -0.05) is 35.9 Å². The van der Waals surface area contributed by atoms with Crippen LogP contribution in [0.15, 0.2) is 42.6 Å². The van der Waals surface area contributed by atoms with Crippen LogP contribution in [0.4, 0.5) is 5.69 Å². The number of halogens is 1. The first-order valence-electron chi connectivity index (χ1n) is 11.3. The molecule has 0 aliphatic heterocycles. The molecule has 7 N–H and O–H groups in total. The maximum atomic E-state index is 12.5. The van der Waals surface area contributed by atoms with Crippen LogP contribution in [-0.4, -0.2) is 61.6 Å². The van der Waals surface area contributed by atoms with Crippen molar-refractivity contribution in [2.45, 2.75) is 18.5 Å². The minimum atomic E-state index is -1.42. The van der Waals surface area contributed by atoms with Gasteiger partial charge in [0.15, 0.2) is 11.7 Å². The third-order valence-corrected chi connectivity index (χ3v) is 7.04. The number of allylic oxidation sites excluding steroid dienone is 1. The summed E-state index contributed by atoms with van der Waals surface area (Å²) in [6, 6.07) is 4.79. The van der Waals surface area contributed by atoms with Gasteiger partial charge in [0, 0.05) is 17.2 Å². The number of nitrogens with two attached hydrogens (primary N) is 1. The zero-order valence-electron chi connectivity index (χ0n) is 18.8. The summed E-state index contributed by atoms with van der Waals surface area (Å²) in [5.74, 6) is -2.06. The van der Waals surface area contributed by atoms with E-state index in [1.807, 2.05) is 6.08 Å². The molecule has 1 aromatic carbocycles. The van der Waals surface area contributed by atoms with Gasteiger partial charge in [-0.05, 0) is 30.4 Å². The quantitative estimate of drug-likeness (QED) is 0.246. The summed E-state index contributed by atoms with van der Waals surface area (Å²) in [5.41, 5.74) is 7.91. The molecule has 0 spiro atoms. The number of aliphatic hydroxyl groups excluding tert-OH is 1. The Kier molecular flexibility index (Phi) is 6.10. The Morgan fingerprint density at radius 1 is 1.25 bits per heavy atom. The first-order chi connectivity index (χ1) is 17.3. The fraction of sp³-hybridized carbons (Fsp3) is 0.292. The smallest absolute Gasteiger partial charge is 0.328 e. The summed E-state index contributed by atoms with van der Waals surface area (Å²) in [6.45, 7) is -0.735. The third-order valence-electron chi connectivity index (χ3n) is 6.76. The number of benzene rings is 1. The molecule has 5 rings (SSSR count). The number of hydrogen-bond acceptors (Lipinski definition) is 7. The zero-order chi connectivity index (χ0) is 25.6. The van der Waals surface area contributed by atoms with E-state index in [0.717, 1.165) is 6.42 Å². The Morgan fingerprint density at radius 2 is 2.03 bits per heavy atom. The van der Waals surface area contributed by atoms with Crippen molar-refractivity contribution in [1.82, 2.24) is 20.3 Å². The highest BCUT2D eigenvalue weighted by atomic mass is 35.5. The van der Waals surface area contributed by atoms with Gasteiger partial charge in [-0.15, -0.1) is 0 Å². The molecule has 0 radical (unpaired) electrons. The maximum Gasteiger partial charge on any atom is 0.328 e. The zero-order valence-corrected chi connectivity index (χ0v) is 19.6. The van der Waals surface area contributed by atoms with Crippen LogP contribution in [0.3, 0.4) is 0 Å². The number of aliphatic hydroxyl groups is 1. The monoisotopic (exact) mass is 510 g/mol. The number of carbonyl (C=O) groups is 3. The Bertz CT molecular complexity index is 1400. The van der Waals surface area contributed by atoms with Crippen molar-refractivity contribution >= 4 is 46.2 Å². The summed E-state index contributed by atoms with van der Waals surface area (Å²) >= 11 is 6.49. The lowest BCUT2D eigenvalue weighted by atomic mass is 9.88. The second-order valence-corrected chi connectivity index (χ2v) is 9.35. The Hall–Kier alpha value is -3.96. The number of nitrogens with one attached hydrogen (secondary N) is 3. The highest BCUT2D eigenvalue weighted by Crippen LogP contribution is 2.46. The average molecular weight is 511 g/mol. The van der Waals surface area contributed by atoms with E-state index in [-0.39, 0.29) is 35.3 Å². The van der Waals surface area contributed by atoms with Crippen LogP contribution in [-0.2, 0) is 9.59 Å². The number of aromatic amines is 1. The number of pyridine rings is 1. The summed E-state index contributed by atoms with van der Waals surface area (Å²) in [7, 11) is 0. The molecule has 12 heteroatoms. The molecule has 5 atom stereocenters. The van der Waals surface area contributed by atoms with Crippen molar-refractivity contribution in [3.8, 4) is 11.4 Å². The van der Waals surface area contributed by atoms with Gasteiger partial charge in [0.2, 0.25) is 5.91 Å². The van der Waals surface area contributed by atoms with E-state index < -0.39 is 24.5 Å². The van der Waals surface area contributed by atoms with Crippen molar-refractivity contribution < 1.29 is 24.6 Å². The van der Waals surface area contributed by atoms with Crippen molar-refractivity contribution in [2.75, 3.05) is 11.9 Å². The van der Waals surface area contributed by atoms with Gasteiger partial charge in [-0.2, -0.15) is 0 Å². The van der Waals surface area contributed by atoms with Crippen LogP contribution in [0.1, 0.15) is 16.8 Å². The molecule has 1 fully saturated rings. The first kappa shape index (κ1) is 23.8. The van der Waals surface area contributed by atoms with E-state index in [1.54, 1.807) is 18.2 Å². The van der Waals surface area contributed by atoms with E-state index in [1.165, 1.54) is 12.3 Å². The van der Waals surface area contributed by atoms with Crippen molar-refractivity contribution in [3.63, 3.8) is 0 Å². The summed E-state index contributed by atoms with van der Waals surface area (Å²) in [4.78, 5) is 47.8. The van der Waals surface area contributed by atoms with Crippen molar-refractivity contribution in [3.05, 3.63) is 53.2 Å². The van der Waals surface area contributed by atoms with E-state index in [9.17, 15) is 19.5 Å². The number of nitrogens with zero attached hydrogens (tertiary/aromatic N) is 2. The number of carboxylic acid groups (broad SMARTS) is 1. The number of carbonyl (C=O) groups excluding carboxylic acids is 2. The number of primary amides is 1. The lowest BCUT2D eigenvalue weighted by Crippen LogP contribution is -2.43. The molecule has 0 saturated heterocycles. The number of aliphatic carboxylic acids is 1. The van der Waals surface area contributed by atoms with Crippen LogP contribution in [0.25, 0.3) is 22.6 Å². The van der Waals surface area contributed by atoms with E-state index in [0.29, 0.717) is 33.3 Å². The summed E-state index contributed by atoms with van der Waals surface area (Å²) < 4.78 is 0. The van der Waals surface area contributed by atoms with Crippen molar-refractivity contribution in [2.24, 2.45) is 23.5 Å². The molecule has 2 amide bonds. The SMILES string of the molecule is NC(=O)[C@H]1[C@H](Nc2c(Cl)cnc3nc(-c4cccc(C(=O)NC(CO)C(=O)O)c4)[nH]c23)[C@@H]2C=C[C@@H]1C2. The minimum absolute atomic E-state index is 0.0962. The standard InChI is InChI=1S/C24H23ClN6O5/c25-14-8-27-22-19(18(14)29-17-11-5-4-10(6-11)16(17)20(26)33)30-21(31-22)12-2-1-3-13(7-12)23(34)28-15(9-32)24(35)36/h1-5,7-8,10-11,15-17,32H,6,9H2,(H2,26,33)(H,28,34)(H,35,36)(H2,27,29,30,31)/t10-,11-,15?,16-,17-/m1/s1. The number of amides is 2. The molecular weight excluding hydrogens is 488 g/mol. The molecule has 2 aliphatic rings. The summed E-state index contributed by atoms with van der Waals surface area (Å²) in [6.07, 6.45) is 6.45. The largest absolute Gasteiger partial charge is 0.480 e. The van der Waals surface area contributed by atoms with Gasteiger partial charge in [0.25, 0.3) is 5.91 Å². The number of H-pyrrole nitrogens is 1. The van der Waals surface area contributed by atoms with E-state index in [2.05, 4.69) is 31.7 Å². The van der Waals surface area contributed by atoms with Crippen LogP contribution >= 0.6 is 11.6 Å². The van der Waals surface area contributed by atoms with Gasteiger partial charge in [-0.3, -0.25) is 9.59 Å². The molecule has 1 unspecified atom stereocenters. The van der Waals surface area contributed by atoms with Crippen LogP contribution < -0.4 is 16.4 Å². The third kappa shape index (κ3) is 4.16. The number of hydrogen-bond donors (Lipinski definition) is 6. The Morgan fingerprint density at radius 3 is 2.75 bits per heavy atom. The molecule has 36 heavy (non-hydrogen) atoms. The molecule has 2 aliphatic carbocycles. The van der Waals surface area contributed by atoms with Gasteiger partial charge in [0.1, 0.15) is 11.3 Å². The number of imidazole rings is 1. The molecule has 3 aromatic rings. The van der Waals surface area contributed by atoms with Gasteiger partial charge in [-0.25, -0.2) is 14.8 Å². The highest BCUT2D eigenvalue weighted by molar-refractivity contribution is 6.34. The van der Waals surface area contributed by atoms with Gasteiger partial charge in [0.05, 0.1) is 29.4 Å². The number of fused-ring (bicyclic) bond motifs is 3. The second-order valence-electron chi connectivity index (χ2n) is 8.94. The van der Waals surface area contributed by atoms with Crippen LogP contribution in [0.2, 0.25) is 5.02 Å². The lowest BCUT2D eigenvalue weighted by Gasteiger charge is -2.28. The fourth-order valence-electron chi connectivity index (χ4n) is 5.02. The number of rotatable bonds is 8. The van der Waals surface area contributed by atoms with Crippen molar-refractivity contribution in [1.29, 1.82) is 0 Å². The topological polar surface area (TPSA) is 183 Å². The fourth-order valence-corrected chi connectivity index (χ4v) is 5.22. The molecule has 2 aromatic heterocycles.